The number of hydrogen-bond donors (Lipinski definition) is 1. The van der Waals surface area contributed by atoms with Gasteiger partial charge in [0.15, 0.2) is 0 Å². The van der Waals surface area contributed by atoms with Gasteiger partial charge in [0.2, 0.25) is 0 Å². The maximum absolute atomic E-state index is 10.5. The minimum atomic E-state index is -0.679. The molecule has 1 atom stereocenters. The lowest BCUT2D eigenvalue weighted by Crippen LogP contribution is -2.02. The van der Waals surface area contributed by atoms with Gasteiger partial charge in [-0.1, -0.05) is 17.7 Å². The van der Waals surface area contributed by atoms with E-state index in [4.69, 9.17) is 16.3 Å². The molecule has 0 radical (unpaired) electrons. The first kappa shape index (κ1) is 13.4. The molecule has 0 saturated heterocycles. The summed E-state index contributed by atoms with van der Waals surface area (Å²) < 4.78 is 5.27. The van der Waals surface area contributed by atoms with Gasteiger partial charge in [-0.15, -0.1) is 11.3 Å². The zero-order valence-electron chi connectivity index (χ0n) is 10.5. The van der Waals surface area contributed by atoms with Gasteiger partial charge in [0.25, 0.3) is 0 Å². The van der Waals surface area contributed by atoms with Crippen molar-refractivity contribution < 1.29 is 9.84 Å². The first-order valence-corrected chi connectivity index (χ1v) is 6.80. The fourth-order valence-corrected chi connectivity index (χ4v) is 3.12. The fourth-order valence-electron chi connectivity index (χ4n) is 2.00. The molecule has 18 heavy (non-hydrogen) atoms. The molecule has 0 fully saturated rings. The molecule has 1 heterocycles. The summed E-state index contributed by atoms with van der Waals surface area (Å²) in [5, 5.41) is 11.1. The largest absolute Gasteiger partial charge is 0.496 e. The third-order valence-electron chi connectivity index (χ3n) is 2.86. The molecule has 0 amide bonds. The summed E-state index contributed by atoms with van der Waals surface area (Å²) >= 11 is 7.60. The Morgan fingerprint density at radius 2 is 1.94 bits per heavy atom. The van der Waals surface area contributed by atoms with E-state index in [1.54, 1.807) is 36.6 Å². The summed E-state index contributed by atoms with van der Waals surface area (Å²) in [5.74, 6) is 0.609. The molecule has 0 saturated carbocycles. The van der Waals surface area contributed by atoms with Crippen LogP contribution in [0.25, 0.3) is 0 Å². The third kappa shape index (κ3) is 2.53. The summed E-state index contributed by atoms with van der Waals surface area (Å²) in [4.78, 5) is 2.31. The Bertz CT molecular complexity index is 563. The first-order chi connectivity index (χ1) is 8.52. The topological polar surface area (TPSA) is 29.5 Å². The third-order valence-corrected chi connectivity index (χ3v) is 4.08. The highest BCUT2D eigenvalue weighted by molar-refractivity contribution is 7.12. The summed E-state index contributed by atoms with van der Waals surface area (Å²) in [6.07, 6.45) is -0.679. The molecule has 0 aliphatic carbocycles. The second-order valence-electron chi connectivity index (χ2n) is 4.16. The second-order valence-corrected chi connectivity index (χ2v) is 6.05. The maximum Gasteiger partial charge on any atom is 0.126 e. The lowest BCUT2D eigenvalue weighted by atomic mass is 10.0. The van der Waals surface area contributed by atoms with Crippen molar-refractivity contribution in [3.05, 3.63) is 50.2 Å². The van der Waals surface area contributed by atoms with E-state index < -0.39 is 6.10 Å². The van der Waals surface area contributed by atoms with E-state index in [1.807, 2.05) is 19.9 Å². The van der Waals surface area contributed by atoms with E-state index in [9.17, 15) is 5.11 Å². The van der Waals surface area contributed by atoms with Gasteiger partial charge in [-0.25, -0.2) is 0 Å². The Balaban J connectivity index is 2.45. The number of benzene rings is 1. The van der Waals surface area contributed by atoms with Crippen molar-refractivity contribution in [3.8, 4) is 5.75 Å². The van der Waals surface area contributed by atoms with Gasteiger partial charge < -0.3 is 9.84 Å². The van der Waals surface area contributed by atoms with Crippen molar-refractivity contribution in [2.45, 2.75) is 20.0 Å². The van der Waals surface area contributed by atoms with Crippen LogP contribution in [0.5, 0.6) is 5.75 Å². The van der Waals surface area contributed by atoms with Gasteiger partial charge in [0, 0.05) is 20.3 Å². The molecule has 2 rings (SSSR count). The van der Waals surface area contributed by atoms with E-state index in [-0.39, 0.29) is 0 Å². The van der Waals surface area contributed by atoms with Gasteiger partial charge >= 0.3 is 0 Å². The van der Waals surface area contributed by atoms with Gasteiger partial charge in [0.05, 0.1) is 7.11 Å². The lowest BCUT2D eigenvalue weighted by Gasteiger charge is -2.15. The van der Waals surface area contributed by atoms with E-state index >= 15 is 0 Å². The van der Waals surface area contributed by atoms with Gasteiger partial charge in [-0.3, -0.25) is 0 Å². The fraction of sp³-hybridized carbons (Fsp3) is 0.286. The summed E-state index contributed by atoms with van der Waals surface area (Å²) in [6, 6.07) is 7.29. The van der Waals surface area contributed by atoms with Crippen molar-refractivity contribution >= 4 is 22.9 Å². The molecule has 1 aromatic heterocycles. The number of aliphatic hydroxyl groups is 1. The number of methoxy groups -OCH3 is 1. The average Bonchev–Trinajstić information content (AvgIpc) is 2.67. The highest BCUT2D eigenvalue weighted by atomic mass is 35.5. The van der Waals surface area contributed by atoms with E-state index in [0.717, 1.165) is 16.0 Å². The Kier molecular flexibility index (Phi) is 3.95. The van der Waals surface area contributed by atoms with E-state index in [1.165, 1.54) is 4.88 Å². The second kappa shape index (κ2) is 5.31. The zero-order chi connectivity index (χ0) is 13.3. The minimum absolute atomic E-state index is 0.598. The highest BCUT2D eigenvalue weighted by Gasteiger charge is 2.19. The molecule has 1 N–H and O–H groups in total. The van der Waals surface area contributed by atoms with Crippen molar-refractivity contribution in [2.24, 2.45) is 0 Å². The van der Waals surface area contributed by atoms with Crippen LogP contribution in [0.2, 0.25) is 5.02 Å². The predicted molar refractivity (Wildman–Crippen MR) is 75.9 cm³/mol. The zero-order valence-corrected chi connectivity index (χ0v) is 12.1. The van der Waals surface area contributed by atoms with Crippen LogP contribution < -0.4 is 4.74 Å². The molecular formula is C14H15ClO2S. The number of aryl methyl sites for hydroxylation is 2. The molecule has 1 aromatic carbocycles. The number of hydrogen-bond acceptors (Lipinski definition) is 3. The molecule has 0 spiro atoms. The van der Waals surface area contributed by atoms with Crippen molar-refractivity contribution in [1.29, 1.82) is 0 Å². The molecule has 2 nitrogen and oxygen atoms in total. The average molecular weight is 283 g/mol. The molecular weight excluding hydrogens is 268 g/mol. The normalized spacial score (nSPS) is 12.5. The molecule has 4 heteroatoms. The Hall–Kier alpha value is -1.03. The Morgan fingerprint density at radius 1 is 1.22 bits per heavy atom. The quantitative estimate of drug-likeness (QED) is 0.918. The standard InChI is InChI=1S/C14H15ClO2S/c1-8-6-12(9(2)18-8)14(16)11-5-4-10(15)7-13(11)17-3/h4-7,14,16H,1-3H3. The molecule has 1 unspecified atom stereocenters. The van der Waals surface area contributed by atoms with Crippen LogP contribution in [0.1, 0.15) is 27.0 Å². The molecule has 0 aliphatic rings. The van der Waals surface area contributed by atoms with Crippen LogP contribution in [0.3, 0.4) is 0 Å². The predicted octanol–water partition coefficient (Wildman–Crippen LogP) is 4.11. The first-order valence-electron chi connectivity index (χ1n) is 5.61. The monoisotopic (exact) mass is 282 g/mol. The van der Waals surface area contributed by atoms with Crippen LogP contribution in [0.15, 0.2) is 24.3 Å². The van der Waals surface area contributed by atoms with Gasteiger partial charge in [0.1, 0.15) is 11.9 Å². The molecule has 0 bridgehead atoms. The van der Waals surface area contributed by atoms with Crippen LogP contribution in [0, 0.1) is 13.8 Å². The summed E-state index contributed by atoms with van der Waals surface area (Å²) in [7, 11) is 1.58. The minimum Gasteiger partial charge on any atom is -0.496 e. The van der Waals surface area contributed by atoms with Crippen LogP contribution in [-0.4, -0.2) is 12.2 Å². The molecule has 96 valence electrons. The number of halogens is 1. The smallest absolute Gasteiger partial charge is 0.126 e. The SMILES string of the molecule is COc1cc(Cl)ccc1C(O)c1cc(C)sc1C. The van der Waals surface area contributed by atoms with Gasteiger partial charge in [-0.2, -0.15) is 0 Å². The lowest BCUT2D eigenvalue weighted by molar-refractivity contribution is 0.214. The number of ether oxygens (including phenoxy) is 1. The molecule has 0 aliphatic heterocycles. The van der Waals surface area contributed by atoms with E-state index in [2.05, 4.69) is 0 Å². The van der Waals surface area contributed by atoms with Crippen LogP contribution in [-0.2, 0) is 0 Å². The van der Waals surface area contributed by atoms with E-state index in [0.29, 0.717) is 10.8 Å². The number of aliphatic hydroxyl groups excluding tert-OH is 1. The summed E-state index contributed by atoms with van der Waals surface area (Å²) in [6.45, 7) is 4.05. The maximum atomic E-state index is 10.5. The number of rotatable bonds is 3. The van der Waals surface area contributed by atoms with Gasteiger partial charge in [-0.05, 0) is 37.6 Å². The number of thiophene rings is 1. The van der Waals surface area contributed by atoms with Crippen molar-refractivity contribution in [2.75, 3.05) is 7.11 Å². The van der Waals surface area contributed by atoms with Crippen molar-refractivity contribution in [3.63, 3.8) is 0 Å². The Morgan fingerprint density at radius 3 is 2.50 bits per heavy atom. The Labute approximate surface area is 116 Å². The molecule has 2 aromatic rings. The highest BCUT2D eigenvalue weighted by Crippen LogP contribution is 2.35. The van der Waals surface area contributed by atoms with Crippen LogP contribution in [0.4, 0.5) is 0 Å². The van der Waals surface area contributed by atoms with Crippen molar-refractivity contribution in [1.82, 2.24) is 0 Å². The van der Waals surface area contributed by atoms with Crippen LogP contribution >= 0.6 is 22.9 Å². The summed E-state index contributed by atoms with van der Waals surface area (Å²) in [5.41, 5.74) is 1.67.